The summed E-state index contributed by atoms with van der Waals surface area (Å²) in [4.78, 5) is 28.8. The molecule has 148 valence electrons. The van der Waals surface area contributed by atoms with Gasteiger partial charge in [-0.1, -0.05) is 24.1 Å². The molecule has 0 N–H and O–H groups in total. The summed E-state index contributed by atoms with van der Waals surface area (Å²) in [6, 6.07) is 3.91. The first-order valence-electron chi connectivity index (χ1n) is 9.31. The van der Waals surface area contributed by atoms with Crippen LogP contribution < -0.4 is 4.90 Å². The van der Waals surface area contributed by atoms with E-state index in [2.05, 4.69) is 0 Å². The third-order valence-corrected chi connectivity index (χ3v) is 5.69. The average Bonchev–Trinajstić information content (AvgIpc) is 3.15. The molecule has 7 heteroatoms. The van der Waals surface area contributed by atoms with Crippen molar-refractivity contribution >= 4 is 29.3 Å². The molecule has 27 heavy (non-hydrogen) atoms. The van der Waals surface area contributed by atoms with Crippen molar-refractivity contribution in [2.24, 2.45) is 11.8 Å². The van der Waals surface area contributed by atoms with Crippen LogP contribution in [0.25, 0.3) is 0 Å². The van der Waals surface area contributed by atoms with Gasteiger partial charge in [-0.2, -0.15) is 0 Å². The van der Waals surface area contributed by atoms with E-state index in [0.717, 1.165) is 19.3 Å². The van der Waals surface area contributed by atoms with E-state index in [1.165, 1.54) is 29.0 Å². The number of nitrogens with zero attached hydrogens (tertiary/aromatic N) is 2. The highest BCUT2D eigenvalue weighted by Crippen LogP contribution is 2.43. The van der Waals surface area contributed by atoms with Crippen molar-refractivity contribution in [1.82, 2.24) is 4.90 Å². The molecule has 2 amide bonds. The number of hydrogen-bond acceptors (Lipinski definition) is 3. The molecular weight excluding hydrogens is 371 g/mol. The predicted molar refractivity (Wildman–Crippen MR) is 102 cm³/mol. The van der Waals surface area contributed by atoms with Crippen molar-refractivity contribution in [3.05, 3.63) is 29.0 Å². The molecule has 1 aliphatic carbocycles. The molecule has 0 spiro atoms. The molecule has 5 nitrogen and oxygen atoms in total. The molecule has 1 aromatic rings. The van der Waals surface area contributed by atoms with Crippen molar-refractivity contribution < 1.29 is 18.7 Å². The number of carbonyl (C=O) groups excluding carboxylic acids is 2. The number of rotatable bonds is 2. The maximum Gasteiger partial charge on any atom is 0.410 e. The van der Waals surface area contributed by atoms with Gasteiger partial charge >= 0.3 is 6.09 Å². The Labute approximate surface area is 164 Å². The molecule has 1 saturated heterocycles. The molecule has 0 aromatic heterocycles. The van der Waals surface area contributed by atoms with Crippen LogP contribution in [0.3, 0.4) is 0 Å². The molecule has 0 bridgehead atoms. The van der Waals surface area contributed by atoms with E-state index >= 15 is 0 Å². The summed E-state index contributed by atoms with van der Waals surface area (Å²) >= 11 is 5.87. The van der Waals surface area contributed by atoms with Crippen LogP contribution in [-0.2, 0) is 9.53 Å². The number of hydrogen-bond donors (Lipinski definition) is 0. The molecule has 1 aliphatic heterocycles. The number of likely N-dealkylation sites (N-methyl/N-ethyl adjacent to an activating group) is 1. The van der Waals surface area contributed by atoms with E-state index in [0.29, 0.717) is 6.54 Å². The molecule has 1 aromatic carbocycles. The van der Waals surface area contributed by atoms with Gasteiger partial charge in [-0.3, -0.25) is 9.69 Å². The van der Waals surface area contributed by atoms with Gasteiger partial charge in [0, 0.05) is 13.6 Å². The molecule has 3 rings (SSSR count). The second-order valence-corrected chi connectivity index (χ2v) is 8.81. The van der Waals surface area contributed by atoms with Gasteiger partial charge in [-0.15, -0.1) is 0 Å². The smallest absolute Gasteiger partial charge is 0.410 e. The Hall–Kier alpha value is -1.82. The summed E-state index contributed by atoms with van der Waals surface area (Å²) in [5.74, 6) is -0.588. The Balaban J connectivity index is 1.89. The normalized spacial score (nSPS) is 24.7. The van der Waals surface area contributed by atoms with Crippen molar-refractivity contribution in [2.45, 2.75) is 51.7 Å². The third-order valence-electron chi connectivity index (χ3n) is 5.39. The van der Waals surface area contributed by atoms with Crippen LogP contribution in [0.5, 0.6) is 0 Å². The van der Waals surface area contributed by atoms with Crippen LogP contribution in [0.15, 0.2) is 18.2 Å². The Kier molecular flexibility index (Phi) is 5.39. The second-order valence-electron chi connectivity index (χ2n) is 8.40. The lowest BCUT2D eigenvalue weighted by atomic mass is 9.93. The van der Waals surface area contributed by atoms with Gasteiger partial charge in [0.25, 0.3) is 0 Å². The fourth-order valence-electron chi connectivity index (χ4n) is 4.20. The van der Waals surface area contributed by atoms with E-state index in [1.54, 1.807) is 26.8 Å². The maximum atomic E-state index is 14.4. The van der Waals surface area contributed by atoms with E-state index in [1.807, 2.05) is 0 Å². The largest absolute Gasteiger partial charge is 0.444 e. The van der Waals surface area contributed by atoms with E-state index in [4.69, 9.17) is 16.3 Å². The van der Waals surface area contributed by atoms with Crippen LogP contribution in [0, 0.1) is 17.7 Å². The minimum atomic E-state index is -0.645. The zero-order valence-electron chi connectivity index (χ0n) is 16.2. The van der Waals surface area contributed by atoms with Gasteiger partial charge in [0.05, 0.1) is 10.7 Å². The first kappa shape index (κ1) is 19.9. The number of fused-ring (bicyclic) bond motifs is 1. The maximum absolute atomic E-state index is 14.4. The average molecular weight is 397 g/mol. The van der Waals surface area contributed by atoms with Crippen molar-refractivity contribution in [3.63, 3.8) is 0 Å². The second kappa shape index (κ2) is 7.30. The summed E-state index contributed by atoms with van der Waals surface area (Å²) in [5, 5.41) is -0.0405. The van der Waals surface area contributed by atoms with E-state index < -0.39 is 23.6 Å². The number of benzene rings is 1. The molecule has 3 atom stereocenters. The van der Waals surface area contributed by atoms with Gasteiger partial charge in [0.2, 0.25) is 5.91 Å². The van der Waals surface area contributed by atoms with Crippen LogP contribution >= 0.6 is 11.6 Å². The Morgan fingerprint density at radius 3 is 2.67 bits per heavy atom. The Bertz CT molecular complexity index is 749. The minimum Gasteiger partial charge on any atom is -0.444 e. The zero-order valence-corrected chi connectivity index (χ0v) is 16.9. The summed E-state index contributed by atoms with van der Waals surface area (Å²) in [7, 11) is 1.52. The van der Waals surface area contributed by atoms with Gasteiger partial charge in [-0.25, -0.2) is 9.18 Å². The number of ether oxygens (including phenoxy) is 1. The Morgan fingerprint density at radius 1 is 1.30 bits per heavy atom. The van der Waals surface area contributed by atoms with E-state index in [-0.39, 0.29) is 28.5 Å². The van der Waals surface area contributed by atoms with Crippen LogP contribution in [0.1, 0.15) is 40.0 Å². The topological polar surface area (TPSA) is 49.9 Å². The fraction of sp³-hybridized carbons (Fsp3) is 0.600. The standard InChI is InChI=1S/C20H26ClFN2O3/c1-20(2,3)27-19(26)24-11-12-7-5-8-13(12)17(24)18(25)23(4)15-10-6-9-14(21)16(15)22/h6,9-10,12-13,17H,5,7-8,11H2,1-4H3/t12?,13-,17-/m0/s1. The quantitative estimate of drug-likeness (QED) is 0.740. The fourth-order valence-corrected chi connectivity index (χ4v) is 4.37. The highest BCUT2D eigenvalue weighted by atomic mass is 35.5. The lowest BCUT2D eigenvalue weighted by molar-refractivity contribution is -0.123. The lowest BCUT2D eigenvalue weighted by Crippen LogP contribution is -2.50. The van der Waals surface area contributed by atoms with Gasteiger partial charge in [0.1, 0.15) is 11.6 Å². The highest BCUT2D eigenvalue weighted by molar-refractivity contribution is 6.31. The summed E-state index contributed by atoms with van der Waals surface area (Å²) in [6.45, 7) is 5.89. The lowest BCUT2D eigenvalue weighted by Gasteiger charge is -2.32. The van der Waals surface area contributed by atoms with Gasteiger partial charge in [0.15, 0.2) is 5.82 Å². The SMILES string of the molecule is CN(C(=O)[C@@H]1[C@H]2CCCC2CN1C(=O)OC(C)(C)C)c1cccc(Cl)c1F. The molecule has 0 radical (unpaired) electrons. The highest BCUT2D eigenvalue weighted by Gasteiger charge is 2.51. The molecule has 2 fully saturated rings. The summed E-state index contributed by atoms with van der Waals surface area (Å²) < 4.78 is 19.9. The van der Waals surface area contributed by atoms with Gasteiger partial charge < -0.3 is 9.64 Å². The number of halogens is 2. The number of anilines is 1. The monoisotopic (exact) mass is 396 g/mol. The minimum absolute atomic E-state index is 0.0405. The van der Waals surface area contributed by atoms with Crippen molar-refractivity contribution in [3.8, 4) is 0 Å². The predicted octanol–water partition coefficient (Wildman–Crippen LogP) is 4.48. The molecule has 1 saturated carbocycles. The number of carbonyl (C=O) groups is 2. The first-order chi connectivity index (χ1) is 12.6. The van der Waals surface area contributed by atoms with Crippen LogP contribution in [-0.4, -0.2) is 42.1 Å². The summed E-state index contributed by atoms with van der Waals surface area (Å²) in [5.41, 5.74) is -0.536. The Morgan fingerprint density at radius 2 is 2.00 bits per heavy atom. The van der Waals surface area contributed by atoms with Crippen molar-refractivity contribution in [1.29, 1.82) is 0 Å². The van der Waals surface area contributed by atoms with Crippen LogP contribution in [0.4, 0.5) is 14.9 Å². The van der Waals surface area contributed by atoms with E-state index in [9.17, 15) is 14.0 Å². The molecular formula is C20H26ClFN2O3. The summed E-state index contributed by atoms with van der Waals surface area (Å²) in [6.07, 6.45) is 2.42. The number of amides is 2. The zero-order chi connectivity index (χ0) is 19.9. The third kappa shape index (κ3) is 3.91. The molecule has 1 unspecified atom stereocenters. The number of likely N-dealkylation sites (tertiary alicyclic amines) is 1. The van der Waals surface area contributed by atoms with Gasteiger partial charge in [-0.05, 0) is 57.6 Å². The van der Waals surface area contributed by atoms with Crippen molar-refractivity contribution in [2.75, 3.05) is 18.5 Å². The first-order valence-corrected chi connectivity index (χ1v) is 9.69. The van der Waals surface area contributed by atoms with Crippen LogP contribution in [0.2, 0.25) is 5.02 Å². The molecule has 2 aliphatic rings. The molecule has 1 heterocycles.